The first-order chi connectivity index (χ1) is 13.9. The summed E-state index contributed by atoms with van der Waals surface area (Å²) in [6, 6.07) is 15.3. The highest BCUT2D eigenvalue weighted by atomic mass is 32.2. The summed E-state index contributed by atoms with van der Waals surface area (Å²) in [5.41, 5.74) is 4.01. The largest absolute Gasteiger partial charge is 0.376 e. The number of carbonyl (C=O) groups excluding carboxylic acids is 1. The van der Waals surface area contributed by atoms with Gasteiger partial charge in [0.25, 0.3) is 0 Å². The number of nitrogens with one attached hydrogen (secondary N) is 1. The van der Waals surface area contributed by atoms with Gasteiger partial charge in [-0.3, -0.25) is 4.79 Å². The van der Waals surface area contributed by atoms with Crippen LogP contribution in [-0.2, 0) is 14.8 Å². The zero-order valence-electron chi connectivity index (χ0n) is 16.8. The third-order valence-corrected chi connectivity index (χ3v) is 6.65. The van der Waals surface area contributed by atoms with E-state index < -0.39 is 10.0 Å². The SMILES string of the molecule is Cc1cccc(C)c1NCC(=O)N1CCN(S(=O)(=O)/C=C/c2ccccc2)CC1. The van der Waals surface area contributed by atoms with E-state index in [1.54, 1.807) is 11.0 Å². The lowest BCUT2D eigenvalue weighted by Gasteiger charge is -2.33. The number of carbonyl (C=O) groups is 1. The third kappa shape index (κ3) is 5.46. The second-order valence-electron chi connectivity index (χ2n) is 7.16. The summed E-state index contributed by atoms with van der Waals surface area (Å²) in [6.07, 6.45) is 1.60. The van der Waals surface area contributed by atoms with E-state index >= 15 is 0 Å². The smallest absolute Gasteiger partial charge is 0.241 e. The first-order valence-corrected chi connectivity index (χ1v) is 11.2. The number of nitrogens with zero attached hydrogens (tertiary/aromatic N) is 2. The minimum Gasteiger partial charge on any atom is -0.376 e. The van der Waals surface area contributed by atoms with E-state index in [2.05, 4.69) is 5.32 Å². The fourth-order valence-electron chi connectivity index (χ4n) is 3.38. The lowest BCUT2D eigenvalue weighted by molar-refractivity contribution is -0.130. The maximum absolute atomic E-state index is 12.5. The standard InChI is InChI=1S/C22H27N3O3S/c1-18-7-6-8-19(2)22(18)23-17-21(26)24-12-14-25(15-13-24)29(27,28)16-11-20-9-4-3-5-10-20/h3-11,16,23H,12-15,17H2,1-2H3/b16-11+. The number of para-hydroxylation sites is 1. The summed E-state index contributed by atoms with van der Waals surface area (Å²) in [6.45, 7) is 5.61. The number of benzene rings is 2. The molecule has 1 heterocycles. The van der Waals surface area contributed by atoms with Crippen LogP contribution in [0.1, 0.15) is 16.7 Å². The number of rotatable bonds is 6. The molecule has 0 spiro atoms. The van der Waals surface area contributed by atoms with Crippen LogP contribution < -0.4 is 5.32 Å². The average molecular weight is 414 g/mol. The van der Waals surface area contributed by atoms with Gasteiger partial charge in [-0.25, -0.2) is 8.42 Å². The monoisotopic (exact) mass is 413 g/mol. The first kappa shape index (κ1) is 21.1. The Balaban J connectivity index is 1.53. The highest BCUT2D eigenvalue weighted by molar-refractivity contribution is 7.92. The predicted molar refractivity (Wildman–Crippen MR) is 117 cm³/mol. The number of amides is 1. The van der Waals surface area contributed by atoms with Gasteiger partial charge < -0.3 is 10.2 Å². The van der Waals surface area contributed by atoms with Crippen LogP contribution in [0.2, 0.25) is 0 Å². The molecule has 0 radical (unpaired) electrons. The van der Waals surface area contributed by atoms with Crippen LogP contribution in [0.15, 0.2) is 53.9 Å². The second kappa shape index (κ2) is 9.24. The van der Waals surface area contributed by atoms with Crippen LogP contribution in [0.5, 0.6) is 0 Å². The van der Waals surface area contributed by atoms with Crippen molar-refractivity contribution in [2.24, 2.45) is 0 Å². The van der Waals surface area contributed by atoms with Gasteiger partial charge in [0.05, 0.1) is 6.54 Å². The summed E-state index contributed by atoms with van der Waals surface area (Å²) in [4.78, 5) is 14.3. The van der Waals surface area contributed by atoms with Crippen LogP contribution in [0, 0.1) is 13.8 Å². The van der Waals surface area contributed by atoms with Crippen molar-refractivity contribution in [3.8, 4) is 0 Å². The summed E-state index contributed by atoms with van der Waals surface area (Å²) in [5, 5.41) is 4.46. The van der Waals surface area contributed by atoms with E-state index in [0.29, 0.717) is 26.2 Å². The Bertz CT molecular complexity index is 959. The molecule has 3 rings (SSSR count). The molecule has 6 nitrogen and oxygen atoms in total. The Kier molecular flexibility index (Phi) is 6.71. The molecule has 0 unspecified atom stereocenters. The highest BCUT2D eigenvalue weighted by Crippen LogP contribution is 2.19. The Labute approximate surface area is 172 Å². The maximum Gasteiger partial charge on any atom is 0.241 e. The zero-order valence-corrected chi connectivity index (χ0v) is 17.7. The van der Waals surface area contributed by atoms with Crippen molar-refractivity contribution < 1.29 is 13.2 Å². The minimum absolute atomic E-state index is 0.0236. The van der Waals surface area contributed by atoms with Gasteiger partial charge in [0.2, 0.25) is 15.9 Å². The molecular formula is C22H27N3O3S. The third-order valence-electron chi connectivity index (χ3n) is 5.08. The Hall–Kier alpha value is -2.64. The number of aryl methyl sites for hydroxylation is 2. The van der Waals surface area contributed by atoms with Gasteiger partial charge in [0.15, 0.2) is 0 Å². The molecule has 0 aliphatic carbocycles. The molecule has 2 aromatic rings. The summed E-state index contributed by atoms with van der Waals surface area (Å²) < 4.78 is 26.5. The Morgan fingerprint density at radius 3 is 2.21 bits per heavy atom. The fraction of sp³-hybridized carbons (Fsp3) is 0.318. The van der Waals surface area contributed by atoms with Crippen molar-refractivity contribution in [2.75, 3.05) is 38.0 Å². The van der Waals surface area contributed by atoms with Crippen LogP contribution in [0.3, 0.4) is 0 Å². The molecule has 154 valence electrons. The number of anilines is 1. The first-order valence-electron chi connectivity index (χ1n) is 9.68. The van der Waals surface area contributed by atoms with Gasteiger partial charge >= 0.3 is 0 Å². The van der Waals surface area contributed by atoms with Crippen LogP contribution in [-0.4, -0.2) is 56.3 Å². The van der Waals surface area contributed by atoms with E-state index in [-0.39, 0.29) is 12.5 Å². The molecule has 1 N–H and O–H groups in total. The molecule has 1 fully saturated rings. The molecule has 1 aliphatic rings. The number of piperazine rings is 1. The Morgan fingerprint density at radius 2 is 1.59 bits per heavy atom. The number of hydrogen-bond donors (Lipinski definition) is 1. The van der Waals surface area contributed by atoms with Gasteiger partial charge in [0, 0.05) is 37.3 Å². The second-order valence-corrected chi connectivity index (χ2v) is 8.98. The lowest BCUT2D eigenvalue weighted by Crippen LogP contribution is -2.51. The van der Waals surface area contributed by atoms with Gasteiger partial charge in [-0.05, 0) is 36.6 Å². The van der Waals surface area contributed by atoms with Crippen molar-refractivity contribution in [1.29, 1.82) is 0 Å². The number of sulfonamides is 1. The average Bonchev–Trinajstić information content (AvgIpc) is 2.73. The minimum atomic E-state index is -3.50. The highest BCUT2D eigenvalue weighted by Gasteiger charge is 2.27. The van der Waals surface area contributed by atoms with Gasteiger partial charge in [0.1, 0.15) is 0 Å². The van der Waals surface area contributed by atoms with E-state index in [4.69, 9.17) is 0 Å². The quantitative estimate of drug-likeness (QED) is 0.791. The summed E-state index contributed by atoms with van der Waals surface area (Å²) in [7, 11) is -3.50. The normalized spacial score (nSPS) is 15.6. The van der Waals surface area contributed by atoms with Crippen molar-refractivity contribution in [1.82, 2.24) is 9.21 Å². The van der Waals surface area contributed by atoms with Gasteiger partial charge in [-0.15, -0.1) is 0 Å². The molecule has 29 heavy (non-hydrogen) atoms. The predicted octanol–water partition coefficient (Wildman–Crippen LogP) is 2.86. The molecule has 0 aromatic heterocycles. The van der Waals surface area contributed by atoms with E-state index in [9.17, 15) is 13.2 Å². The van der Waals surface area contributed by atoms with Crippen LogP contribution in [0.4, 0.5) is 5.69 Å². The number of hydrogen-bond acceptors (Lipinski definition) is 4. The van der Waals surface area contributed by atoms with Gasteiger partial charge in [-0.1, -0.05) is 48.5 Å². The van der Waals surface area contributed by atoms with Crippen molar-refractivity contribution in [3.63, 3.8) is 0 Å². The zero-order chi connectivity index (χ0) is 20.9. The maximum atomic E-state index is 12.5. The van der Waals surface area contributed by atoms with Crippen molar-refractivity contribution in [2.45, 2.75) is 13.8 Å². The molecule has 0 saturated carbocycles. The molecule has 1 aliphatic heterocycles. The molecule has 1 saturated heterocycles. The van der Waals surface area contributed by atoms with Gasteiger partial charge in [-0.2, -0.15) is 4.31 Å². The van der Waals surface area contributed by atoms with Crippen molar-refractivity contribution >= 4 is 27.7 Å². The molecular weight excluding hydrogens is 386 g/mol. The van der Waals surface area contributed by atoms with Crippen LogP contribution in [0.25, 0.3) is 6.08 Å². The topological polar surface area (TPSA) is 69.7 Å². The fourth-order valence-corrected chi connectivity index (χ4v) is 4.55. The molecule has 2 aromatic carbocycles. The molecule has 7 heteroatoms. The summed E-state index contributed by atoms with van der Waals surface area (Å²) >= 11 is 0. The van der Waals surface area contributed by atoms with Crippen LogP contribution >= 0.6 is 0 Å². The van der Waals surface area contributed by atoms with E-state index in [1.165, 1.54) is 9.71 Å². The van der Waals surface area contributed by atoms with Crippen molar-refractivity contribution in [3.05, 3.63) is 70.6 Å². The van der Waals surface area contributed by atoms with E-state index in [0.717, 1.165) is 22.4 Å². The lowest BCUT2D eigenvalue weighted by atomic mass is 10.1. The Morgan fingerprint density at radius 1 is 0.966 bits per heavy atom. The molecule has 1 amide bonds. The van der Waals surface area contributed by atoms with E-state index in [1.807, 2.05) is 62.4 Å². The molecule has 0 atom stereocenters. The molecule has 0 bridgehead atoms. The summed E-state index contributed by atoms with van der Waals surface area (Å²) in [5.74, 6) is -0.0236.